The van der Waals surface area contributed by atoms with E-state index in [0.717, 1.165) is 11.5 Å². The minimum Gasteiger partial charge on any atom is -0.384 e. The largest absolute Gasteiger partial charge is 0.384 e. The van der Waals surface area contributed by atoms with E-state index in [0.29, 0.717) is 11.6 Å². The first kappa shape index (κ1) is 10.6. The van der Waals surface area contributed by atoms with Crippen LogP contribution in [0, 0.1) is 6.92 Å². The lowest BCUT2D eigenvalue weighted by Crippen LogP contribution is -2.07. The summed E-state index contributed by atoms with van der Waals surface area (Å²) in [5.74, 6) is 2.17. The van der Waals surface area contributed by atoms with Crippen molar-refractivity contribution in [1.29, 1.82) is 0 Å². The number of anilines is 1. The number of hydrogen-bond donors (Lipinski definition) is 1. The predicted molar refractivity (Wildman–Crippen MR) is 62.4 cm³/mol. The van der Waals surface area contributed by atoms with Gasteiger partial charge in [-0.05, 0) is 13.0 Å². The van der Waals surface area contributed by atoms with Crippen LogP contribution >= 0.6 is 0 Å². The van der Waals surface area contributed by atoms with Gasteiger partial charge in [-0.2, -0.15) is 5.10 Å². The molecule has 0 saturated heterocycles. The third kappa shape index (κ3) is 2.03. The maximum atomic E-state index is 5.75. The molecule has 2 heterocycles. The van der Waals surface area contributed by atoms with Crippen LogP contribution in [-0.4, -0.2) is 19.7 Å². The normalized spacial score (nSPS) is 11.0. The molecule has 2 rings (SSSR count). The van der Waals surface area contributed by atoms with Gasteiger partial charge in [0, 0.05) is 18.2 Å². The summed E-state index contributed by atoms with van der Waals surface area (Å²) in [4.78, 5) is 8.62. The molecule has 0 aliphatic heterocycles. The van der Waals surface area contributed by atoms with Crippen LogP contribution in [0.5, 0.6) is 0 Å². The van der Waals surface area contributed by atoms with Crippen LogP contribution in [-0.2, 0) is 0 Å². The maximum absolute atomic E-state index is 5.75. The number of aryl methyl sites for hydroxylation is 1. The molecule has 0 fully saturated rings. The van der Waals surface area contributed by atoms with Gasteiger partial charge in [0.2, 0.25) is 0 Å². The molecule has 2 aromatic rings. The van der Waals surface area contributed by atoms with Crippen molar-refractivity contribution in [2.45, 2.75) is 26.7 Å². The standard InChI is InChI=1S/C11H15N5/c1-7(2)11-13-9(12)6-10(14-11)16-5-4-8(3)15-16/h4-7H,1-3H3,(H2,12,13,14). The smallest absolute Gasteiger partial charge is 0.159 e. The van der Waals surface area contributed by atoms with E-state index in [4.69, 9.17) is 5.73 Å². The third-order valence-corrected chi connectivity index (χ3v) is 2.22. The molecule has 5 nitrogen and oxygen atoms in total. The molecular formula is C11H15N5. The van der Waals surface area contributed by atoms with Crippen LogP contribution in [0.25, 0.3) is 5.82 Å². The summed E-state index contributed by atoms with van der Waals surface area (Å²) in [5, 5.41) is 4.29. The average Bonchev–Trinajstić information content (AvgIpc) is 2.64. The molecule has 16 heavy (non-hydrogen) atoms. The molecule has 0 amide bonds. The van der Waals surface area contributed by atoms with E-state index in [1.165, 1.54) is 0 Å². The first-order valence-corrected chi connectivity index (χ1v) is 5.23. The van der Waals surface area contributed by atoms with Crippen molar-refractivity contribution in [1.82, 2.24) is 19.7 Å². The molecule has 0 bridgehead atoms. The van der Waals surface area contributed by atoms with Gasteiger partial charge in [-0.15, -0.1) is 0 Å². The summed E-state index contributed by atoms with van der Waals surface area (Å²) in [5.41, 5.74) is 6.70. The van der Waals surface area contributed by atoms with Crippen molar-refractivity contribution >= 4 is 5.82 Å². The molecule has 0 saturated carbocycles. The van der Waals surface area contributed by atoms with Gasteiger partial charge in [-0.3, -0.25) is 0 Å². The summed E-state index contributed by atoms with van der Waals surface area (Å²) in [6, 6.07) is 3.64. The Labute approximate surface area is 94.3 Å². The van der Waals surface area contributed by atoms with Crippen LogP contribution in [0.4, 0.5) is 5.82 Å². The second kappa shape index (κ2) is 3.92. The van der Waals surface area contributed by atoms with Crippen molar-refractivity contribution in [3.8, 4) is 5.82 Å². The van der Waals surface area contributed by atoms with Gasteiger partial charge in [-0.1, -0.05) is 13.8 Å². The van der Waals surface area contributed by atoms with Crippen LogP contribution in [0.15, 0.2) is 18.3 Å². The summed E-state index contributed by atoms with van der Waals surface area (Å²) in [6.45, 7) is 6.00. The van der Waals surface area contributed by atoms with E-state index in [1.54, 1.807) is 10.7 Å². The van der Waals surface area contributed by atoms with Crippen LogP contribution < -0.4 is 5.73 Å². The molecule has 2 aromatic heterocycles. The van der Waals surface area contributed by atoms with Gasteiger partial charge < -0.3 is 5.73 Å². The Balaban J connectivity index is 2.49. The highest BCUT2D eigenvalue weighted by Gasteiger charge is 2.08. The van der Waals surface area contributed by atoms with Gasteiger partial charge >= 0.3 is 0 Å². The second-order valence-corrected chi connectivity index (χ2v) is 4.07. The fraction of sp³-hybridized carbons (Fsp3) is 0.364. The van der Waals surface area contributed by atoms with Crippen molar-refractivity contribution in [2.75, 3.05) is 5.73 Å². The van der Waals surface area contributed by atoms with E-state index in [1.807, 2.05) is 33.0 Å². The predicted octanol–water partition coefficient (Wildman–Crippen LogP) is 1.68. The lowest BCUT2D eigenvalue weighted by molar-refractivity contribution is 0.745. The fourth-order valence-electron chi connectivity index (χ4n) is 1.39. The second-order valence-electron chi connectivity index (χ2n) is 4.07. The monoisotopic (exact) mass is 217 g/mol. The lowest BCUT2D eigenvalue weighted by Gasteiger charge is -2.07. The zero-order valence-electron chi connectivity index (χ0n) is 9.68. The van der Waals surface area contributed by atoms with Gasteiger partial charge in [0.05, 0.1) is 5.69 Å². The molecule has 0 unspecified atom stereocenters. The minimum absolute atomic E-state index is 0.249. The minimum atomic E-state index is 0.249. The van der Waals surface area contributed by atoms with Crippen molar-refractivity contribution in [3.05, 3.63) is 29.8 Å². The van der Waals surface area contributed by atoms with Crippen molar-refractivity contribution < 1.29 is 0 Å². The Bertz CT molecular complexity index is 501. The Morgan fingerprint density at radius 2 is 2.06 bits per heavy atom. The SMILES string of the molecule is Cc1ccn(-c2cc(N)nc(C(C)C)n2)n1. The first-order valence-electron chi connectivity index (χ1n) is 5.23. The van der Waals surface area contributed by atoms with E-state index in [-0.39, 0.29) is 5.92 Å². The quantitative estimate of drug-likeness (QED) is 0.830. The van der Waals surface area contributed by atoms with Crippen LogP contribution in [0.3, 0.4) is 0 Å². The summed E-state index contributed by atoms with van der Waals surface area (Å²) in [7, 11) is 0. The molecule has 2 N–H and O–H groups in total. The molecule has 5 heteroatoms. The molecule has 0 aliphatic carbocycles. The average molecular weight is 217 g/mol. The number of hydrogen-bond acceptors (Lipinski definition) is 4. The molecular weight excluding hydrogens is 202 g/mol. The fourth-order valence-corrected chi connectivity index (χ4v) is 1.39. The van der Waals surface area contributed by atoms with Gasteiger partial charge in [0.25, 0.3) is 0 Å². The third-order valence-electron chi connectivity index (χ3n) is 2.22. The molecule has 0 spiro atoms. The van der Waals surface area contributed by atoms with Gasteiger partial charge in [0.1, 0.15) is 11.6 Å². The highest BCUT2D eigenvalue weighted by atomic mass is 15.3. The number of nitrogens with zero attached hydrogens (tertiary/aromatic N) is 4. The molecule has 0 radical (unpaired) electrons. The Hall–Kier alpha value is -1.91. The zero-order valence-corrected chi connectivity index (χ0v) is 9.68. The summed E-state index contributed by atoms with van der Waals surface area (Å²) in [6.07, 6.45) is 1.86. The highest BCUT2D eigenvalue weighted by molar-refractivity contribution is 5.37. The number of aromatic nitrogens is 4. The van der Waals surface area contributed by atoms with Crippen molar-refractivity contribution in [2.24, 2.45) is 0 Å². The molecule has 0 aromatic carbocycles. The zero-order chi connectivity index (χ0) is 11.7. The lowest BCUT2D eigenvalue weighted by atomic mass is 10.2. The van der Waals surface area contributed by atoms with E-state index < -0.39 is 0 Å². The Morgan fingerprint density at radius 3 is 2.62 bits per heavy atom. The molecule has 0 aliphatic rings. The molecule has 0 atom stereocenters. The summed E-state index contributed by atoms with van der Waals surface area (Å²) < 4.78 is 1.71. The van der Waals surface area contributed by atoms with Crippen LogP contribution in [0.1, 0.15) is 31.3 Å². The van der Waals surface area contributed by atoms with E-state index >= 15 is 0 Å². The van der Waals surface area contributed by atoms with Gasteiger partial charge in [0.15, 0.2) is 5.82 Å². The maximum Gasteiger partial charge on any atom is 0.159 e. The summed E-state index contributed by atoms with van der Waals surface area (Å²) >= 11 is 0. The molecule has 84 valence electrons. The highest BCUT2D eigenvalue weighted by Crippen LogP contribution is 2.14. The van der Waals surface area contributed by atoms with Crippen LogP contribution in [0.2, 0.25) is 0 Å². The van der Waals surface area contributed by atoms with E-state index in [9.17, 15) is 0 Å². The Morgan fingerprint density at radius 1 is 1.31 bits per heavy atom. The number of nitrogens with two attached hydrogens (primary N) is 1. The first-order chi connectivity index (χ1) is 7.56. The number of rotatable bonds is 2. The van der Waals surface area contributed by atoms with Gasteiger partial charge in [-0.25, -0.2) is 14.6 Å². The topological polar surface area (TPSA) is 69.6 Å². The van der Waals surface area contributed by atoms with E-state index in [2.05, 4.69) is 15.1 Å². The van der Waals surface area contributed by atoms with Crippen molar-refractivity contribution in [3.63, 3.8) is 0 Å². The number of nitrogen functional groups attached to an aromatic ring is 1. The Kier molecular flexibility index (Phi) is 2.60.